The normalized spacial score (nSPS) is 15.4. The van der Waals surface area contributed by atoms with Crippen molar-refractivity contribution in [2.45, 2.75) is 31.1 Å². The Labute approximate surface area is 97.9 Å². The fourth-order valence-corrected chi connectivity index (χ4v) is 3.83. The number of benzene rings is 1. The smallest absolute Gasteiger partial charge is 0.225 e. The van der Waals surface area contributed by atoms with Crippen LogP contribution in [0.25, 0.3) is 0 Å². The molecular weight excluding hydrogens is 278 g/mol. The minimum Gasteiger partial charge on any atom is -0.225 e. The third-order valence-electron chi connectivity index (χ3n) is 2.89. The summed E-state index contributed by atoms with van der Waals surface area (Å²) in [5, 5.41) is 5.17. The second-order valence-corrected chi connectivity index (χ2v) is 6.22. The lowest BCUT2D eigenvalue weighted by Crippen LogP contribution is -2.14. The minimum absolute atomic E-state index is 0.245. The second kappa shape index (κ2) is 3.57. The molecule has 2 rings (SSSR count). The van der Waals surface area contributed by atoms with Gasteiger partial charge in [-0.3, -0.25) is 0 Å². The monoisotopic (exact) mass is 289 g/mol. The Kier molecular flexibility index (Phi) is 2.65. The third kappa shape index (κ3) is 1.84. The van der Waals surface area contributed by atoms with Gasteiger partial charge in [-0.2, -0.15) is 0 Å². The predicted octanol–water partition coefficient (Wildman–Crippen LogP) is 1.89. The van der Waals surface area contributed by atoms with E-state index in [0.29, 0.717) is 0 Å². The van der Waals surface area contributed by atoms with Gasteiger partial charge in [-0.05, 0) is 48.9 Å². The average Bonchev–Trinajstić information content (AvgIpc) is 2.58. The summed E-state index contributed by atoms with van der Waals surface area (Å²) in [5.41, 5.74) is 3.20. The molecule has 0 unspecified atom stereocenters. The van der Waals surface area contributed by atoms with Crippen LogP contribution in [0.1, 0.15) is 23.1 Å². The predicted molar refractivity (Wildman–Crippen MR) is 62.3 cm³/mol. The summed E-state index contributed by atoms with van der Waals surface area (Å²) in [4.78, 5) is 0.245. The van der Waals surface area contributed by atoms with Crippen LogP contribution in [0, 0.1) is 6.92 Å². The van der Waals surface area contributed by atoms with Crippen molar-refractivity contribution in [1.82, 2.24) is 0 Å². The fourth-order valence-electron chi connectivity index (χ4n) is 2.18. The lowest BCUT2D eigenvalue weighted by molar-refractivity contribution is 0.597. The third-order valence-corrected chi connectivity index (χ3v) is 4.64. The van der Waals surface area contributed by atoms with E-state index in [1.807, 2.05) is 6.92 Å². The van der Waals surface area contributed by atoms with Crippen molar-refractivity contribution in [3.63, 3.8) is 0 Å². The molecule has 0 atom stereocenters. The number of sulfonamides is 1. The Hall–Kier alpha value is -0.390. The molecule has 3 nitrogen and oxygen atoms in total. The SMILES string of the molecule is Cc1c(S(N)(=O)=O)cc(Br)c2c1CCC2. The Morgan fingerprint density at radius 3 is 2.53 bits per heavy atom. The molecule has 0 amide bonds. The van der Waals surface area contributed by atoms with Crippen LogP contribution in [0.4, 0.5) is 0 Å². The van der Waals surface area contributed by atoms with Crippen LogP contribution < -0.4 is 5.14 Å². The summed E-state index contributed by atoms with van der Waals surface area (Å²) in [6, 6.07) is 1.62. The van der Waals surface area contributed by atoms with Crippen molar-refractivity contribution in [2.24, 2.45) is 5.14 Å². The molecule has 0 radical (unpaired) electrons. The first kappa shape index (κ1) is 11.1. The zero-order valence-corrected chi connectivity index (χ0v) is 10.8. The number of hydrogen-bond donors (Lipinski definition) is 1. The first-order valence-electron chi connectivity index (χ1n) is 4.75. The van der Waals surface area contributed by atoms with Crippen molar-refractivity contribution in [2.75, 3.05) is 0 Å². The van der Waals surface area contributed by atoms with Gasteiger partial charge in [0.05, 0.1) is 4.90 Å². The lowest BCUT2D eigenvalue weighted by atomic mass is 10.0. The topological polar surface area (TPSA) is 60.2 Å². The fraction of sp³-hybridized carbons (Fsp3) is 0.400. The van der Waals surface area contributed by atoms with E-state index in [1.165, 1.54) is 5.56 Å². The summed E-state index contributed by atoms with van der Waals surface area (Å²) < 4.78 is 23.6. The largest absolute Gasteiger partial charge is 0.238 e. The Bertz CT molecular complexity index is 523. The number of rotatable bonds is 1. The van der Waals surface area contributed by atoms with Crippen LogP contribution in [-0.2, 0) is 22.9 Å². The highest BCUT2D eigenvalue weighted by Gasteiger charge is 2.22. The van der Waals surface area contributed by atoms with Gasteiger partial charge in [0.2, 0.25) is 10.0 Å². The summed E-state index contributed by atoms with van der Waals surface area (Å²) in [6.07, 6.45) is 3.05. The first-order valence-corrected chi connectivity index (χ1v) is 7.09. The van der Waals surface area contributed by atoms with Crippen LogP contribution in [0.15, 0.2) is 15.4 Å². The molecule has 1 aromatic rings. The van der Waals surface area contributed by atoms with E-state index in [1.54, 1.807) is 6.07 Å². The molecule has 0 aromatic heterocycles. The van der Waals surface area contributed by atoms with Gasteiger partial charge in [0.1, 0.15) is 0 Å². The average molecular weight is 290 g/mol. The number of primary sulfonamides is 1. The molecule has 0 saturated carbocycles. The van der Waals surface area contributed by atoms with Gasteiger partial charge in [0.15, 0.2) is 0 Å². The zero-order valence-electron chi connectivity index (χ0n) is 8.38. The van der Waals surface area contributed by atoms with Crippen LogP contribution in [0.3, 0.4) is 0 Å². The van der Waals surface area contributed by atoms with Gasteiger partial charge in [-0.1, -0.05) is 15.9 Å². The Morgan fingerprint density at radius 1 is 1.33 bits per heavy atom. The zero-order chi connectivity index (χ0) is 11.2. The van der Waals surface area contributed by atoms with E-state index in [0.717, 1.165) is 34.9 Å². The maximum Gasteiger partial charge on any atom is 0.238 e. The first-order chi connectivity index (χ1) is 6.91. The molecule has 1 aromatic carbocycles. The summed E-state index contributed by atoms with van der Waals surface area (Å²) in [6.45, 7) is 1.83. The van der Waals surface area contributed by atoms with Crippen molar-refractivity contribution in [1.29, 1.82) is 0 Å². The number of halogens is 1. The van der Waals surface area contributed by atoms with Gasteiger partial charge in [0, 0.05) is 4.47 Å². The van der Waals surface area contributed by atoms with E-state index in [9.17, 15) is 8.42 Å². The summed E-state index contributed by atoms with van der Waals surface area (Å²) in [7, 11) is -3.61. The molecule has 5 heteroatoms. The van der Waals surface area contributed by atoms with Crippen molar-refractivity contribution in [3.8, 4) is 0 Å². The second-order valence-electron chi connectivity index (χ2n) is 3.84. The molecule has 82 valence electrons. The van der Waals surface area contributed by atoms with E-state index < -0.39 is 10.0 Å². The maximum absolute atomic E-state index is 11.4. The molecule has 1 aliphatic carbocycles. The molecule has 2 N–H and O–H groups in total. The van der Waals surface area contributed by atoms with E-state index in [-0.39, 0.29) is 4.90 Å². The molecule has 0 spiro atoms. The van der Waals surface area contributed by atoms with Gasteiger partial charge in [0.25, 0.3) is 0 Å². The maximum atomic E-state index is 11.4. The number of nitrogens with two attached hydrogens (primary N) is 1. The highest BCUT2D eigenvalue weighted by atomic mass is 79.9. The quantitative estimate of drug-likeness (QED) is 0.858. The molecule has 0 bridgehead atoms. The molecule has 0 aliphatic heterocycles. The molecule has 15 heavy (non-hydrogen) atoms. The van der Waals surface area contributed by atoms with Crippen LogP contribution >= 0.6 is 15.9 Å². The van der Waals surface area contributed by atoms with Crippen LogP contribution in [0.2, 0.25) is 0 Å². The van der Waals surface area contributed by atoms with E-state index in [4.69, 9.17) is 5.14 Å². The number of hydrogen-bond acceptors (Lipinski definition) is 2. The van der Waals surface area contributed by atoms with Gasteiger partial charge in [-0.25, -0.2) is 13.6 Å². The summed E-state index contributed by atoms with van der Waals surface area (Å²) >= 11 is 3.40. The van der Waals surface area contributed by atoms with Crippen molar-refractivity contribution < 1.29 is 8.42 Å². The molecule has 1 aliphatic rings. The number of fused-ring (bicyclic) bond motifs is 1. The standard InChI is InChI=1S/C10H12BrNO2S/c1-6-7-3-2-4-8(7)9(11)5-10(6)15(12,13)14/h5H,2-4H2,1H3,(H2,12,13,14). The van der Waals surface area contributed by atoms with Crippen LogP contribution in [0.5, 0.6) is 0 Å². The Balaban J connectivity index is 2.76. The molecular formula is C10H12BrNO2S. The molecule has 0 heterocycles. The van der Waals surface area contributed by atoms with Crippen molar-refractivity contribution in [3.05, 3.63) is 27.2 Å². The van der Waals surface area contributed by atoms with Crippen molar-refractivity contribution >= 4 is 26.0 Å². The molecule has 0 fully saturated rings. The highest BCUT2D eigenvalue weighted by Crippen LogP contribution is 2.34. The van der Waals surface area contributed by atoms with Crippen LogP contribution in [-0.4, -0.2) is 8.42 Å². The van der Waals surface area contributed by atoms with Gasteiger partial charge >= 0.3 is 0 Å². The lowest BCUT2D eigenvalue weighted by Gasteiger charge is -2.11. The summed E-state index contributed by atoms with van der Waals surface area (Å²) in [5.74, 6) is 0. The minimum atomic E-state index is -3.61. The highest BCUT2D eigenvalue weighted by molar-refractivity contribution is 9.10. The van der Waals surface area contributed by atoms with Gasteiger partial charge < -0.3 is 0 Å². The molecule has 0 saturated heterocycles. The van der Waals surface area contributed by atoms with E-state index in [2.05, 4.69) is 15.9 Å². The van der Waals surface area contributed by atoms with Gasteiger partial charge in [-0.15, -0.1) is 0 Å². The van der Waals surface area contributed by atoms with E-state index >= 15 is 0 Å². The Morgan fingerprint density at radius 2 is 1.93 bits per heavy atom.